The Morgan fingerprint density at radius 1 is 1.47 bits per heavy atom. The molecule has 0 aliphatic carbocycles. The van der Waals surface area contributed by atoms with Crippen molar-refractivity contribution in [3.05, 3.63) is 35.2 Å². The lowest BCUT2D eigenvalue weighted by Gasteiger charge is -2.10. The van der Waals surface area contributed by atoms with Crippen molar-refractivity contribution in [2.24, 2.45) is 0 Å². The van der Waals surface area contributed by atoms with Crippen molar-refractivity contribution in [3.63, 3.8) is 0 Å². The molecule has 0 saturated carbocycles. The number of fused-ring (bicyclic) bond motifs is 1. The highest BCUT2D eigenvalue weighted by molar-refractivity contribution is 7.17. The summed E-state index contributed by atoms with van der Waals surface area (Å²) in [6.45, 7) is 0. The summed E-state index contributed by atoms with van der Waals surface area (Å²) in [4.78, 5) is 10.9. The molecule has 90 valence electrons. The molecule has 1 unspecified atom stereocenters. The van der Waals surface area contributed by atoms with E-state index >= 15 is 0 Å². The number of aryl methyl sites for hydroxylation is 1. The Balaban J connectivity index is 2.11. The van der Waals surface area contributed by atoms with Gasteiger partial charge in [0.2, 0.25) is 0 Å². The van der Waals surface area contributed by atoms with Crippen molar-refractivity contribution in [2.45, 2.75) is 18.9 Å². The molecule has 2 aromatic rings. The molecule has 0 saturated heterocycles. The molecule has 0 amide bonds. The molecule has 0 fully saturated rings. The quantitative estimate of drug-likeness (QED) is 0.856. The number of likely N-dealkylation sites (N-methyl/N-ethyl adjacent to an activating group) is 1. The average molecular weight is 249 g/mol. The highest BCUT2D eigenvalue weighted by atomic mass is 32.1. The molecule has 1 aromatic carbocycles. The Morgan fingerprint density at radius 2 is 2.24 bits per heavy atom. The van der Waals surface area contributed by atoms with E-state index in [1.165, 1.54) is 15.6 Å². The number of nitrogens with one attached hydrogen (secondary N) is 1. The first kappa shape index (κ1) is 12.1. The molecule has 17 heavy (non-hydrogen) atoms. The molecular formula is C13H15NO2S. The van der Waals surface area contributed by atoms with Crippen molar-refractivity contribution in [1.82, 2.24) is 5.32 Å². The van der Waals surface area contributed by atoms with Crippen LogP contribution in [-0.4, -0.2) is 24.2 Å². The summed E-state index contributed by atoms with van der Waals surface area (Å²) in [5, 5.41) is 15.1. The number of thiophene rings is 1. The Kier molecular flexibility index (Phi) is 3.76. The molecule has 3 nitrogen and oxygen atoms in total. The normalized spacial score (nSPS) is 12.8. The van der Waals surface area contributed by atoms with Gasteiger partial charge in [-0.05, 0) is 42.3 Å². The van der Waals surface area contributed by atoms with E-state index in [0.29, 0.717) is 6.42 Å². The van der Waals surface area contributed by atoms with Gasteiger partial charge in [0.25, 0.3) is 0 Å². The number of carbonyl (C=O) groups is 1. The van der Waals surface area contributed by atoms with Gasteiger partial charge in [-0.1, -0.05) is 18.2 Å². The lowest BCUT2D eigenvalue weighted by atomic mass is 10.0. The van der Waals surface area contributed by atoms with Crippen molar-refractivity contribution in [3.8, 4) is 0 Å². The number of carboxylic acids is 1. The topological polar surface area (TPSA) is 49.3 Å². The summed E-state index contributed by atoms with van der Waals surface area (Å²) in [5.74, 6) is -0.785. The number of aliphatic carboxylic acids is 1. The monoisotopic (exact) mass is 249 g/mol. The maximum atomic E-state index is 10.9. The molecule has 4 heteroatoms. The van der Waals surface area contributed by atoms with Crippen molar-refractivity contribution in [2.75, 3.05) is 7.05 Å². The van der Waals surface area contributed by atoms with E-state index < -0.39 is 12.0 Å². The van der Waals surface area contributed by atoms with Crippen LogP contribution >= 0.6 is 11.3 Å². The zero-order valence-corrected chi connectivity index (χ0v) is 10.5. The average Bonchev–Trinajstić information content (AvgIpc) is 2.73. The van der Waals surface area contributed by atoms with Crippen LogP contribution in [0.3, 0.4) is 0 Å². The fourth-order valence-corrected chi connectivity index (χ4v) is 2.91. The molecule has 1 atom stereocenters. The van der Waals surface area contributed by atoms with Crippen LogP contribution in [0.4, 0.5) is 0 Å². The summed E-state index contributed by atoms with van der Waals surface area (Å²) < 4.78 is 1.26. The number of hydrogen-bond acceptors (Lipinski definition) is 3. The first-order valence-electron chi connectivity index (χ1n) is 5.57. The number of carboxylic acid groups (broad SMARTS) is 1. The smallest absolute Gasteiger partial charge is 0.320 e. The summed E-state index contributed by atoms with van der Waals surface area (Å²) in [5.41, 5.74) is 1.24. The van der Waals surface area contributed by atoms with Gasteiger partial charge in [0.05, 0.1) is 0 Å². The molecular weight excluding hydrogens is 234 g/mol. The van der Waals surface area contributed by atoms with Gasteiger partial charge in [-0.2, -0.15) is 0 Å². The predicted molar refractivity (Wildman–Crippen MR) is 70.6 cm³/mol. The van der Waals surface area contributed by atoms with E-state index in [1.807, 2.05) is 12.1 Å². The van der Waals surface area contributed by atoms with Crippen LogP contribution in [0.2, 0.25) is 0 Å². The van der Waals surface area contributed by atoms with Crippen molar-refractivity contribution >= 4 is 27.4 Å². The van der Waals surface area contributed by atoms with E-state index in [4.69, 9.17) is 5.11 Å². The molecule has 0 bridgehead atoms. The standard InChI is InChI=1S/C13H15NO2S/c1-14-11(13(15)16)7-6-9-8-17-12-5-3-2-4-10(9)12/h2-5,8,11,14H,6-7H2,1H3,(H,15,16). The zero-order valence-electron chi connectivity index (χ0n) is 9.64. The molecule has 1 aromatic heterocycles. The summed E-state index contributed by atoms with van der Waals surface area (Å²) in [7, 11) is 1.69. The van der Waals surface area contributed by atoms with Gasteiger partial charge >= 0.3 is 5.97 Å². The van der Waals surface area contributed by atoms with Crippen LogP contribution in [0.25, 0.3) is 10.1 Å². The second kappa shape index (κ2) is 5.29. The van der Waals surface area contributed by atoms with E-state index in [2.05, 4.69) is 22.8 Å². The highest BCUT2D eigenvalue weighted by Crippen LogP contribution is 2.26. The summed E-state index contributed by atoms with van der Waals surface area (Å²) in [6.07, 6.45) is 1.41. The Labute approximate surface area is 104 Å². The van der Waals surface area contributed by atoms with Crippen LogP contribution < -0.4 is 5.32 Å². The van der Waals surface area contributed by atoms with Gasteiger partial charge in [0.1, 0.15) is 6.04 Å². The van der Waals surface area contributed by atoms with Crippen molar-refractivity contribution in [1.29, 1.82) is 0 Å². The van der Waals surface area contributed by atoms with Crippen LogP contribution in [0.1, 0.15) is 12.0 Å². The van der Waals surface area contributed by atoms with Crippen LogP contribution in [0.15, 0.2) is 29.6 Å². The van der Waals surface area contributed by atoms with Gasteiger partial charge in [-0.15, -0.1) is 11.3 Å². The minimum atomic E-state index is -0.785. The van der Waals surface area contributed by atoms with Crippen molar-refractivity contribution < 1.29 is 9.90 Å². The van der Waals surface area contributed by atoms with Gasteiger partial charge < -0.3 is 10.4 Å². The molecule has 2 rings (SSSR count). The predicted octanol–water partition coefficient (Wildman–Crippen LogP) is 2.51. The lowest BCUT2D eigenvalue weighted by molar-refractivity contribution is -0.139. The Morgan fingerprint density at radius 3 is 2.94 bits per heavy atom. The molecule has 2 N–H and O–H groups in total. The van der Waals surface area contributed by atoms with E-state index in [9.17, 15) is 4.79 Å². The second-order valence-electron chi connectivity index (χ2n) is 3.98. The van der Waals surface area contributed by atoms with E-state index in [0.717, 1.165) is 6.42 Å². The van der Waals surface area contributed by atoms with Gasteiger partial charge in [0.15, 0.2) is 0 Å². The van der Waals surface area contributed by atoms with Gasteiger partial charge in [-0.25, -0.2) is 0 Å². The van der Waals surface area contributed by atoms with Crippen LogP contribution in [0, 0.1) is 0 Å². The van der Waals surface area contributed by atoms with Crippen LogP contribution in [-0.2, 0) is 11.2 Å². The largest absolute Gasteiger partial charge is 0.480 e. The zero-order chi connectivity index (χ0) is 12.3. The van der Waals surface area contributed by atoms with Crippen LogP contribution in [0.5, 0.6) is 0 Å². The fourth-order valence-electron chi connectivity index (χ4n) is 1.92. The number of rotatable bonds is 5. The lowest BCUT2D eigenvalue weighted by Crippen LogP contribution is -2.34. The maximum Gasteiger partial charge on any atom is 0.320 e. The SMILES string of the molecule is CNC(CCc1csc2ccccc12)C(=O)O. The highest BCUT2D eigenvalue weighted by Gasteiger charge is 2.15. The third-order valence-corrected chi connectivity index (χ3v) is 3.92. The Bertz CT molecular complexity index is 521. The molecule has 0 spiro atoms. The minimum Gasteiger partial charge on any atom is -0.480 e. The first-order chi connectivity index (χ1) is 8.22. The maximum absolute atomic E-state index is 10.9. The summed E-state index contributed by atoms with van der Waals surface area (Å²) in [6, 6.07) is 7.77. The first-order valence-corrected chi connectivity index (χ1v) is 6.45. The fraction of sp³-hybridized carbons (Fsp3) is 0.308. The molecule has 0 aliphatic heterocycles. The summed E-state index contributed by atoms with van der Waals surface area (Å²) >= 11 is 1.71. The van der Waals surface area contributed by atoms with E-state index in [-0.39, 0.29) is 0 Å². The number of benzene rings is 1. The van der Waals surface area contributed by atoms with E-state index in [1.54, 1.807) is 18.4 Å². The third-order valence-electron chi connectivity index (χ3n) is 2.91. The molecule has 0 radical (unpaired) electrons. The molecule has 0 aliphatic rings. The third kappa shape index (κ3) is 2.65. The van der Waals surface area contributed by atoms with Gasteiger partial charge in [0, 0.05) is 4.70 Å². The Hall–Kier alpha value is -1.39. The number of hydrogen-bond donors (Lipinski definition) is 2. The molecule has 1 heterocycles. The second-order valence-corrected chi connectivity index (χ2v) is 4.89. The van der Waals surface area contributed by atoms with Gasteiger partial charge in [-0.3, -0.25) is 4.79 Å². The minimum absolute atomic E-state index is 0.464.